The van der Waals surface area contributed by atoms with Crippen molar-refractivity contribution in [3.8, 4) is 93.3 Å². The lowest BCUT2D eigenvalue weighted by molar-refractivity contribution is 0.0508. The SMILES string of the molecule is COCOc1cccc(C(=O)Oc2cccc(O)c2OC(=O)c2cccc(C)c2)c1.O=C(O)c1cc2ccc(O)cc2oc1=O.O=C(Oc1cccc(OC(=O)c2cc3ccc(O)cc3oc2=O)c1OC(=O)c1cccc(O)c1)c1cccc(O)c1.Oc1cccc(OCc2ccccc2)c1O.[2H]C#C. The number of carbonyl (C=O) groups is 6. The number of carboxylic acids is 1. The van der Waals surface area contributed by atoms with Crippen molar-refractivity contribution in [2.45, 2.75) is 13.5 Å². The van der Waals surface area contributed by atoms with Gasteiger partial charge in [-0.05, 0) is 152 Å². The van der Waals surface area contributed by atoms with Gasteiger partial charge in [-0.15, -0.1) is 12.8 Å². The molecule has 2 aromatic heterocycles. The summed E-state index contributed by atoms with van der Waals surface area (Å²) in [5.74, 6) is -8.03. The van der Waals surface area contributed by atoms with Crippen molar-refractivity contribution in [1.82, 2.24) is 0 Å². The molecule has 104 heavy (non-hydrogen) atoms. The molecule has 526 valence electrons. The van der Waals surface area contributed by atoms with Gasteiger partial charge in [0.2, 0.25) is 17.2 Å². The van der Waals surface area contributed by atoms with Crippen molar-refractivity contribution in [3.05, 3.63) is 296 Å². The van der Waals surface area contributed by atoms with Gasteiger partial charge in [-0.1, -0.05) is 84.4 Å². The zero-order chi connectivity index (χ0) is 75.7. The molecule has 0 saturated carbocycles. The number of hydrogen-bond donors (Lipinski definition) is 8. The fourth-order valence-corrected chi connectivity index (χ4v) is 8.95. The van der Waals surface area contributed by atoms with Gasteiger partial charge in [0.15, 0.2) is 41.3 Å². The van der Waals surface area contributed by atoms with Gasteiger partial charge in [0.05, 0.1) is 22.3 Å². The van der Waals surface area contributed by atoms with E-state index in [-0.39, 0.29) is 97.9 Å². The number of benzene rings is 10. The normalized spacial score (nSPS) is 10.3. The van der Waals surface area contributed by atoms with Crippen LogP contribution >= 0.6 is 0 Å². The number of fused-ring (bicyclic) bond motifs is 2. The number of methoxy groups -OCH3 is 1. The first-order valence-electron chi connectivity index (χ1n) is 30.7. The minimum Gasteiger partial charge on any atom is -0.508 e. The highest BCUT2D eigenvalue weighted by molar-refractivity contribution is 5.98. The van der Waals surface area contributed by atoms with Crippen molar-refractivity contribution in [2.75, 3.05) is 13.9 Å². The van der Waals surface area contributed by atoms with Crippen molar-refractivity contribution >= 4 is 57.8 Å². The topological polar surface area (TPSA) is 399 Å². The number of aromatic carboxylic acids is 1. The van der Waals surface area contributed by atoms with E-state index >= 15 is 0 Å². The summed E-state index contributed by atoms with van der Waals surface area (Å²) in [4.78, 5) is 98.1. The van der Waals surface area contributed by atoms with E-state index in [1.807, 2.05) is 43.3 Å². The van der Waals surface area contributed by atoms with Crippen LogP contribution < -0.4 is 44.4 Å². The molecule has 0 saturated heterocycles. The Balaban J connectivity index is 0.000000189. The fourth-order valence-electron chi connectivity index (χ4n) is 8.95. The minimum absolute atomic E-state index is 0.0301. The van der Waals surface area contributed by atoms with Crippen LogP contribution in [-0.4, -0.2) is 90.6 Å². The number of carboxylic acid groups (broad SMARTS) is 1. The van der Waals surface area contributed by atoms with E-state index in [2.05, 4.69) is 6.42 Å². The molecule has 12 aromatic rings. The Kier molecular flexibility index (Phi) is 25.1. The Morgan fingerprint density at radius 2 is 0.856 bits per heavy atom. The van der Waals surface area contributed by atoms with Gasteiger partial charge >= 0.3 is 47.1 Å². The predicted octanol–water partition coefficient (Wildman–Crippen LogP) is 12.8. The molecule has 2 heterocycles. The quantitative estimate of drug-likeness (QED) is 0.0105. The maximum absolute atomic E-state index is 13.0. The molecule has 10 aromatic carbocycles. The Hall–Kier alpha value is -14.8. The monoisotopic (exact) mass is 1410 g/mol. The summed E-state index contributed by atoms with van der Waals surface area (Å²) in [6.45, 7) is 2.23. The van der Waals surface area contributed by atoms with Gasteiger partial charge in [0.25, 0.3) is 0 Å². The van der Waals surface area contributed by atoms with Gasteiger partial charge in [-0.2, -0.15) is 0 Å². The predicted molar refractivity (Wildman–Crippen MR) is 371 cm³/mol. The number of rotatable bonds is 17. The van der Waals surface area contributed by atoms with Crippen molar-refractivity contribution in [2.24, 2.45) is 0 Å². The summed E-state index contributed by atoms with van der Waals surface area (Å²) in [6, 6.07) is 56.5. The summed E-state index contributed by atoms with van der Waals surface area (Å²) in [5.41, 5.74) is -0.427. The first-order valence-corrected chi connectivity index (χ1v) is 30.2. The number of hydrogen-bond acceptors (Lipinski definition) is 25. The molecule has 0 amide bonds. The molecule has 0 radical (unpaired) electrons. The number of aryl methyl sites for hydroxylation is 1. The maximum Gasteiger partial charge on any atom is 0.351 e. The third-order valence-electron chi connectivity index (χ3n) is 13.8. The molecular weight excluding hydrogens is 1350 g/mol. The molecule has 12 rings (SSSR count). The fraction of sp³-hybridized carbons (Fsp3) is 0.0513. The van der Waals surface area contributed by atoms with Crippen LogP contribution in [0.5, 0.6) is 80.5 Å². The highest BCUT2D eigenvalue weighted by Gasteiger charge is 2.26. The molecule has 26 heteroatoms. The lowest BCUT2D eigenvalue weighted by Crippen LogP contribution is -2.20. The number of phenolic OH excluding ortho intramolecular Hbond substituents is 7. The first kappa shape index (κ1) is 73.4. The minimum atomic E-state index is -1.33. The molecule has 0 aliphatic rings. The molecule has 8 N–H and O–H groups in total. The second kappa shape index (κ2) is 35.6. The number of esters is 5. The molecule has 0 aliphatic carbocycles. The van der Waals surface area contributed by atoms with Crippen LogP contribution in [0.4, 0.5) is 0 Å². The van der Waals surface area contributed by atoms with Crippen LogP contribution in [-0.2, 0) is 11.3 Å². The molecule has 0 unspecified atom stereocenters. The standard InChI is InChI=1S/C30H18O11.C23H20O7.C13H12O3.C10H6O5.C2H2/c31-19-6-1-4-17(12-19)27(34)38-23-8-3-9-24(26(23)41-28(35)18-5-2-7-20(32)13-18)39-29(36)22-14-16-10-11-21(33)15-25(16)40-30(22)37;1-15-6-3-7-16(12-15)23(26)30-21-19(24)10-5-11-20(21)29-22(25)17-8-4-9-18(13-17)28-14-27-2;14-11-7-4-8-12(13(11)15)16-9-10-5-2-1-3-6-10;11-6-2-1-5-3-7(9(12)13)10(14)15-8(5)4-6;1-2/h1-15,31-33H;3-13,24H,14H2,1-2H3;1-8,14-15H,9H2;1-4,11H,(H,12,13);1-2H/i;;;;1D. The van der Waals surface area contributed by atoms with Crippen LogP contribution in [0.3, 0.4) is 0 Å². The van der Waals surface area contributed by atoms with E-state index in [0.717, 1.165) is 23.3 Å². The number of carbonyl (C=O) groups excluding carboxylic acids is 5. The van der Waals surface area contributed by atoms with E-state index in [1.54, 1.807) is 48.5 Å². The number of aromatic hydroxyl groups is 7. The van der Waals surface area contributed by atoms with Gasteiger partial charge in [0.1, 0.15) is 59.0 Å². The Bertz CT molecular complexity index is 5330. The largest absolute Gasteiger partial charge is 0.508 e. The molecular formula is C78H58O26. The van der Waals surface area contributed by atoms with E-state index in [0.29, 0.717) is 28.7 Å². The molecule has 0 bridgehead atoms. The van der Waals surface area contributed by atoms with Crippen molar-refractivity contribution in [1.29, 1.82) is 0 Å². The van der Waals surface area contributed by atoms with Gasteiger partial charge in [-0.3, -0.25) is 0 Å². The molecule has 0 spiro atoms. The zero-order valence-corrected chi connectivity index (χ0v) is 54.4. The van der Waals surface area contributed by atoms with Gasteiger partial charge in [0, 0.05) is 30.0 Å². The number of ether oxygens (including phenoxy) is 8. The highest BCUT2D eigenvalue weighted by atomic mass is 16.7. The average Bonchev–Trinajstić information content (AvgIpc) is 0.815. The average molecular weight is 1410 g/mol. The number of terminal acetylenes is 1. The van der Waals surface area contributed by atoms with Crippen LogP contribution in [0.1, 0.15) is 74.6 Å². The zero-order valence-electron chi connectivity index (χ0n) is 55.4. The second-order valence-corrected chi connectivity index (χ2v) is 21.2. The highest BCUT2D eigenvalue weighted by Crippen LogP contribution is 2.41. The molecule has 0 fully saturated rings. The summed E-state index contributed by atoms with van der Waals surface area (Å²) >= 11 is 0. The third-order valence-corrected chi connectivity index (χ3v) is 13.8. The lowest BCUT2D eigenvalue weighted by atomic mass is 10.1. The summed E-state index contributed by atoms with van der Waals surface area (Å²) < 4.78 is 58.1. The van der Waals surface area contributed by atoms with Gasteiger partial charge < -0.3 is 87.6 Å². The van der Waals surface area contributed by atoms with Crippen LogP contribution in [0.25, 0.3) is 21.9 Å². The summed E-state index contributed by atoms with van der Waals surface area (Å²) in [6.07, 6.45) is 5.76. The van der Waals surface area contributed by atoms with Crippen LogP contribution in [0.15, 0.2) is 249 Å². The molecule has 26 nitrogen and oxygen atoms in total. The molecule has 0 atom stereocenters. The first-order chi connectivity index (χ1) is 50.4. The smallest absolute Gasteiger partial charge is 0.351 e. The lowest BCUT2D eigenvalue weighted by Gasteiger charge is -2.15. The van der Waals surface area contributed by atoms with Crippen LogP contribution in [0, 0.1) is 19.7 Å². The second-order valence-electron chi connectivity index (χ2n) is 21.2. The number of phenols is 7. The van der Waals surface area contributed by atoms with E-state index in [4.69, 9.17) is 58.3 Å². The molecule has 0 aliphatic heterocycles. The third kappa shape index (κ3) is 20.4. The van der Waals surface area contributed by atoms with E-state index < -0.39 is 69.7 Å². The summed E-state index contributed by atoms with van der Waals surface area (Å²) in [7, 11) is 1.49. The number of para-hydroxylation sites is 3. The van der Waals surface area contributed by atoms with Crippen LogP contribution in [0.2, 0.25) is 0 Å². The van der Waals surface area contributed by atoms with Gasteiger partial charge in [-0.25, -0.2) is 38.4 Å². The van der Waals surface area contributed by atoms with E-state index in [1.165, 1.54) is 147 Å². The maximum atomic E-state index is 13.0. The van der Waals surface area contributed by atoms with Crippen molar-refractivity contribution < 1.29 is 118 Å². The summed E-state index contributed by atoms with van der Waals surface area (Å²) in [5, 5.41) is 76.6. The van der Waals surface area contributed by atoms with Crippen molar-refractivity contribution in [3.63, 3.8) is 0 Å². The Morgan fingerprint density at radius 1 is 0.423 bits per heavy atom. The Labute approximate surface area is 589 Å². The Morgan fingerprint density at radius 3 is 1.39 bits per heavy atom. The van der Waals surface area contributed by atoms with E-state index in [9.17, 15) is 69.0 Å².